The van der Waals surface area contributed by atoms with Crippen LogP contribution in [0.5, 0.6) is 0 Å². The van der Waals surface area contributed by atoms with Gasteiger partial charge in [0.15, 0.2) is 0 Å². The number of nitrogens with zero attached hydrogens (tertiary/aromatic N) is 2. The molecule has 14 heavy (non-hydrogen) atoms. The first-order valence-corrected chi connectivity index (χ1v) is 4.26. The number of amides is 1. The highest BCUT2D eigenvalue weighted by atomic mass is 16.4. The predicted molar refractivity (Wildman–Crippen MR) is 54.3 cm³/mol. The number of carboxylic acid groups (broad SMARTS) is 1. The molecule has 1 aromatic rings. The average Bonchev–Trinajstić information content (AvgIpc) is 2.07. The second-order valence-corrected chi connectivity index (χ2v) is 3.20. The Labute approximate surface area is 82.2 Å². The van der Waals surface area contributed by atoms with Gasteiger partial charge in [-0.2, -0.15) is 0 Å². The van der Waals surface area contributed by atoms with E-state index in [1.54, 1.807) is 26.0 Å². The van der Waals surface area contributed by atoms with E-state index in [2.05, 4.69) is 4.98 Å². The fourth-order valence-corrected chi connectivity index (χ4v) is 1.12. The summed E-state index contributed by atoms with van der Waals surface area (Å²) in [6, 6.07) is 3.06. The molecule has 0 aromatic carbocycles. The van der Waals surface area contributed by atoms with Gasteiger partial charge in [-0.05, 0) is 26.0 Å². The fourth-order valence-electron chi connectivity index (χ4n) is 1.12. The van der Waals surface area contributed by atoms with Crippen molar-refractivity contribution < 1.29 is 9.90 Å². The lowest BCUT2D eigenvalue weighted by molar-refractivity contribution is 0.200. The Bertz CT molecular complexity index is 321. The van der Waals surface area contributed by atoms with Crippen molar-refractivity contribution in [3.8, 4) is 0 Å². The van der Waals surface area contributed by atoms with Gasteiger partial charge in [0, 0.05) is 6.04 Å². The van der Waals surface area contributed by atoms with E-state index < -0.39 is 6.09 Å². The zero-order valence-electron chi connectivity index (χ0n) is 8.14. The third kappa shape index (κ3) is 2.12. The summed E-state index contributed by atoms with van der Waals surface area (Å²) >= 11 is 0. The lowest BCUT2D eigenvalue weighted by atomic mass is 10.3. The van der Waals surface area contributed by atoms with Gasteiger partial charge in [-0.1, -0.05) is 0 Å². The van der Waals surface area contributed by atoms with Gasteiger partial charge in [0.25, 0.3) is 0 Å². The summed E-state index contributed by atoms with van der Waals surface area (Å²) in [7, 11) is 0. The molecule has 5 heteroatoms. The number of carbonyl (C=O) groups is 1. The van der Waals surface area contributed by atoms with Crippen LogP contribution in [0.15, 0.2) is 18.3 Å². The van der Waals surface area contributed by atoms with Gasteiger partial charge in [-0.25, -0.2) is 9.78 Å². The third-order valence-corrected chi connectivity index (χ3v) is 1.74. The van der Waals surface area contributed by atoms with E-state index in [1.807, 2.05) is 0 Å². The Morgan fingerprint density at radius 2 is 2.21 bits per heavy atom. The van der Waals surface area contributed by atoms with Crippen molar-refractivity contribution in [3.63, 3.8) is 0 Å². The average molecular weight is 195 g/mol. The number of rotatable bonds is 2. The van der Waals surface area contributed by atoms with Crippen LogP contribution in [0, 0.1) is 0 Å². The second kappa shape index (κ2) is 3.95. The summed E-state index contributed by atoms with van der Waals surface area (Å²) in [5.74, 6) is 0.390. The molecule has 0 saturated carbocycles. The van der Waals surface area contributed by atoms with E-state index in [-0.39, 0.29) is 6.04 Å². The first kappa shape index (κ1) is 10.3. The number of anilines is 2. The van der Waals surface area contributed by atoms with Gasteiger partial charge in [0.05, 0.1) is 11.9 Å². The molecule has 0 bridgehead atoms. The topological polar surface area (TPSA) is 79.5 Å². The largest absolute Gasteiger partial charge is 0.465 e. The molecule has 5 nitrogen and oxygen atoms in total. The summed E-state index contributed by atoms with van der Waals surface area (Å²) in [4.78, 5) is 16.0. The minimum atomic E-state index is -1.02. The molecule has 0 aliphatic heterocycles. The molecule has 0 atom stereocenters. The van der Waals surface area contributed by atoms with E-state index in [9.17, 15) is 4.79 Å². The molecule has 0 aliphatic carbocycles. The molecular weight excluding hydrogens is 182 g/mol. The van der Waals surface area contributed by atoms with Crippen molar-refractivity contribution in [2.24, 2.45) is 0 Å². The highest BCUT2D eigenvalue weighted by Gasteiger charge is 2.18. The highest BCUT2D eigenvalue weighted by molar-refractivity contribution is 5.85. The Hall–Kier alpha value is -1.78. The van der Waals surface area contributed by atoms with Gasteiger partial charge in [-0.15, -0.1) is 0 Å². The minimum absolute atomic E-state index is 0.149. The van der Waals surface area contributed by atoms with Crippen molar-refractivity contribution in [1.29, 1.82) is 0 Å². The first-order valence-electron chi connectivity index (χ1n) is 4.26. The molecular formula is C9H13N3O2. The summed E-state index contributed by atoms with van der Waals surface area (Å²) in [5, 5.41) is 8.92. The van der Waals surface area contributed by atoms with Crippen molar-refractivity contribution in [1.82, 2.24) is 4.98 Å². The SMILES string of the molecule is CC(C)N(C(=O)O)c1ccc(N)cn1. The Morgan fingerprint density at radius 3 is 2.57 bits per heavy atom. The van der Waals surface area contributed by atoms with Crippen molar-refractivity contribution in [3.05, 3.63) is 18.3 Å². The number of nitrogens with two attached hydrogens (primary N) is 1. The van der Waals surface area contributed by atoms with Gasteiger partial charge < -0.3 is 10.8 Å². The van der Waals surface area contributed by atoms with E-state index >= 15 is 0 Å². The number of pyridine rings is 1. The van der Waals surface area contributed by atoms with Gasteiger partial charge in [0.2, 0.25) is 0 Å². The number of hydrogen-bond acceptors (Lipinski definition) is 3. The predicted octanol–water partition coefficient (Wildman–Crippen LogP) is 1.56. The zero-order chi connectivity index (χ0) is 10.7. The maximum Gasteiger partial charge on any atom is 0.413 e. The molecule has 76 valence electrons. The van der Waals surface area contributed by atoms with Gasteiger partial charge in [0.1, 0.15) is 5.82 Å². The van der Waals surface area contributed by atoms with Gasteiger partial charge >= 0.3 is 6.09 Å². The molecule has 0 aliphatic rings. The maximum atomic E-state index is 10.9. The number of aromatic nitrogens is 1. The second-order valence-electron chi connectivity index (χ2n) is 3.20. The summed E-state index contributed by atoms with van der Waals surface area (Å²) in [5.41, 5.74) is 5.97. The normalized spacial score (nSPS) is 10.2. The van der Waals surface area contributed by atoms with Crippen LogP contribution in [0.2, 0.25) is 0 Å². The molecule has 1 rings (SSSR count). The quantitative estimate of drug-likeness (QED) is 0.750. The molecule has 0 unspecified atom stereocenters. The van der Waals surface area contributed by atoms with E-state index in [1.165, 1.54) is 11.1 Å². The monoisotopic (exact) mass is 195 g/mol. The summed E-state index contributed by atoms with van der Waals surface area (Å²) in [6.45, 7) is 3.57. The van der Waals surface area contributed by atoms with Crippen LogP contribution in [-0.2, 0) is 0 Å². The summed E-state index contributed by atoms with van der Waals surface area (Å²) < 4.78 is 0. The Kier molecular flexibility index (Phi) is 2.91. The molecule has 0 radical (unpaired) electrons. The molecule has 1 aromatic heterocycles. The lowest BCUT2D eigenvalue weighted by Gasteiger charge is -2.21. The smallest absolute Gasteiger partial charge is 0.413 e. The van der Waals surface area contributed by atoms with Crippen LogP contribution in [0.4, 0.5) is 16.3 Å². The first-order chi connectivity index (χ1) is 6.52. The molecule has 0 spiro atoms. The maximum absolute atomic E-state index is 10.9. The van der Waals surface area contributed by atoms with Gasteiger partial charge in [-0.3, -0.25) is 4.90 Å². The standard InChI is InChI=1S/C9H13N3O2/c1-6(2)12(9(13)14)8-4-3-7(10)5-11-8/h3-6H,10H2,1-2H3,(H,13,14). The molecule has 0 saturated heterocycles. The minimum Gasteiger partial charge on any atom is -0.465 e. The van der Waals surface area contributed by atoms with Crippen LogP contribution in [0.3, 0.4) is 0 Å². The number of nitrogen functional groups attached to an aromatic ring is 1. The van der Waals surface area contributed by atoms with Crippen LogP contribution >= 0.6 is 0 Å². The fraction of sp³-hybridized carbons (Fsp3) is 0.333. The van der Waals surface area contributed by atoms with E-state index in [0.29, 0.717) is 11.5 Å². The zero-order valence-corrected chi connectivity index (χ0v) is 8.14. The lowest BCUT2D eigenvalue weighted by Crippen LogP contribution is -2.36. The summed E-state index contributed by atoms with van der Waals surface area (Å²) in [6.07, 6.45) is 0.422. The van der Waals surface area contributed by atoms with Crippen molar-refractivity contribution in [2.75, 3.05) is 10.6 Å². The Morgan fingerprint density at radius 1 is 1.57 bits per heavy atom. The van der Waals surface area contributed by atoms with Crippen molar-refractivity contribution >= 4 is 17.6 Å². The number of hydrogen-bond donors (Lipinski definition) is 2. The molecule has 0 fully saturated rings. The highest BCUT2D eigenvalue weighted by Crippen LogP contribution is 2.15. The Balaban J connectivity index is 3.00. The molecule has 1 heterocycles. The molecule has 1 amide bonds. The van der Waals surface area contributed by atoms with Crippen LogP contribution in [0.25, 0.3) is 0 Å². The third-order valence-electron chi connectivity index (χ3n) is 1.74. The van der Waals surface area contributed by atoms with Crippen LogP contribution in [-0.4, -0.2) is 22.2 Å². The molecule has 3 N–H and O–H groups in total. The van der Waals surface area contributed by atoms with Crippen LogP contribution in [0.1, 0.15) is 13.8 Å². The van der Waals surface area contributed by atoms with E-state index in [4.69, 9.17) is 10.8 Å². The van der Waals surface area contributed by atoms with Crippen LogP contribution < -0.4 is 10.6 Å². The van der Waals surface area contributed by atoms with E-state index in [0.717, 1.165) is 0 Å². The van der Waals surface area contributed by atoms with Crippen molar-refractivity contribution in [2.45, 2.75) is 19.9 Å².